The van der Waals surface area contributed by atoms with Gasteiger partial charge in [-0.3, -0.25) is 14.5 Å². The van der Waals surface area contributed by atoms with Gasteiger partial charge in [0.2, 0.25) is 0 Å². The van der Waals surface area contributed by atoms with E-state index in [0.717, 1.165) is 11.1 Å². The second kappa shape index (κ2) is 9.00. The van der Waals surface area contributed by atoms with Crippen LogP contribution in [0, 0.1) is 13.8 Å². The monoisotopic (exact) mass is 410 g/mol. The summed E-state index contributed by atoms with van der Waals surface area (Å²) in [6.07, 6.45) is 0. The second-order valence-corrected chi connectivity index (χ2v) is 6.99. The molecule has 0 aliphatic carbocycles. The van der Waals surface area contributed by atoms with E-state index in [4.69, 9.17) is 14.2 Å². The SMILES string of the molecule is COCCN1C(=O)C(Nc2cc(OC)ccc2OC)=C(c2ccc(C)c(C)c2)C1=O. The number of amides is 2. The Bertz CT molecular complexity index is 1010. The lowest BCUT2D eigenvalue weighted by Gasteiger charge is -2.15. The Labute approximate surface area is 176 Å². The molecule has 1 N–H and O–H groups in total. The first-order chi connectivity index (χ1) is 14.4. The minimum atomic E-state index is -0.407. The average molecular weight is 410 g/mol. The van der Waals surface area contributed by atoms with Crippen LogP contribution in [0.3, 0.4) is 0 Å². The standard InChI is InChI=1S/C23H26N2O5/c1-14-6-7-16(12-15(14)2)20-21(23(27)25(22(20)26)10-11-28-3)24-18-13-17(29-4)8-9-19(18)30-5/h6-9,12-13,24H,10-11H2,1-5H3. The number of anilines is 1. The van der Waals surface area contributed by atoms with E-state index in [1.165, 1.54) is 19.1 Å². The number of hydrogen-bond acceptors (Lipinski definition) is 6. The first-order valence-electron chi connectivity index (χ1n) is 9.57. The van der Waals surface area contributed by atoms with Crippen LogP contribution in [-0.4, -0.2) is 51.2 Å². The highest BCUT2D eigenvalue weighted by Crippen LogP contribution is 2.35. The molecule has 158 valence electrons. The van der Waals surface area contributed by atoms with Gasteiger partial charge >= 0.3 is 0 Å². The van der Waals surface area contributed by atoms with Crippen molar-refractivity contribution in [2.45, 2.75) is 13.8 Å². The van der Waals surface area contributed by atoms with Gasteiger partial charge < -0.3 is 19.5 Å². The average Bonchev–Trinajstić information content (AvgIpc) is 2.97. The summed E-state index contributed by atoms with van der Waals surface area (Å²) in [6, 6.07) is 10.9. The number of ether oxygens (including phenoxy) is 3. The summed E-state index contributed by atoms with van der Waals surface area (Å²) < 4.78 is 15.8. The number of rotatable bonds is 8. The maximum Gasteiger partial charge on any atom is 0.278 e. The lowest BCUT2D eigenvalue weighted by molar-refractivity contribution is -0.137. The summed E-state index contributed by atoms with van der Waals surface area (Å²) in [5.74, 6) is 0.359. The van der Waals surface area contributed by atoms with Crippen LogP contribution in [0.15, 0.2) is 42.1 Å². The van der Waals surface area contributed by atoms with Gasteiger partial charge in [-0.15, -0.1) is 0 Å². The Balaban J connectivity index is 2.12. The third kappa shape index (κ3) is 4.02. The van der Waals surface area contributed by atoms with Crippen molar-refractivity contribution in [3.05, 3.63) is 58.8 Å². The first kappa shape index (κ1) is 21.4. The van der Waals surface area contributed by atoms with Crippen LogP contribution in [0.2, 0.25) is 0 Å². The summed E-state index contributed by atoms with van der Waals surface area (Å²) >= 11 is 0. The fourth-order valence-electron chi connectivity index (χ4n) is 3.29. The normalized spacial score (nSPS) is 13.8. The van der Waals surface area contributed by atoms with Crippen molar-refractivity contribution in [1.82, 2.24) is 4.90 Å². The van der Waals surface area contributed by atoms with E-state index >= 15 is 0 Å². The number of nitrogens with one attached hydrogen (secondary N) is 1. The molecule has 7 nitrogen and oxygen atoms in total. The van der Waals surface area contributed by atoms with E-state index < -0.39 is 5.91 Å². The maximum absolute atomic E-state index is 13.2. The van der Waals surface area contributed by atoms with Gasteiger partial charge in [0, 0.05) is 13.2 Å². The molecule has 0 aromatic heterocycles. The second-order valence-electron chi connectivity index (χ2n) is 6.99. The molecule has 2 aromatic carbocycles. The highest BCUT2D eigenvalue weighted by molar-refractivity contribution is 6.36. The highest BCUT2D eigenvalue weighted by atomic mass is 16.5. The summed E-state index contributed by atoms with van der Waals surface area (Å²) in [6.45, 7) is 4.40. The van der Waals surface area contributed by atoms with Gasteiger partial charge in [-0.05, 0) is 42.7 Å². The van der Waals surface area contributed by atoms with Crippen molar-refractivity contribution in [3.63, 3.8) is 0 Å². The highest BCUT2D eigenvalue weighted by Gasteiger charge is 2.39. The minimum Gasteiger partial charge on any atom is -0.497 e. The van der Waals surface area contributed by atoms with Gasteiger partial charge in [0.1, 0.15) is 17.2 Å². The summed E-state index contributed by atoms with van der Waals surface area (Å²) in [5, 5.41) is 3.13. The van der Waals surface area contributed by atoms with E-state index in [1.807, 2.05) is 32.0 Å². The number of carbonyl (C=O) groups is 2. The molecule has 0 saturated heterocycles. The van der Waals surface area contributed by atoms with Crippen LogP contribution < -0.4 is 14.8 Å². The molecule has 0 atom stereocenters. The molecule has 0 fully saturated rings. The Morgan fingerprint density at radius 3 is 2.30 bits per heavy atom. The molecule has 2 amide bonds. The molecule has 7 heteroatoms. The third-order valence-corrected chi connectivity index (χ3v) is 5.15. The maximum atomic E-state index is 13.2. The quantitative estimate of drug-likeness (QED) is 0.674. The smallest absolute Gasteiger partial charge is 0.278 e. The predicted molar refractivity (Wildman–Crippen MR) is 115 cm³/mol. The summed E-state index contributed by atoms with van der Waals surface area (Å²) in [5.41, 5.74) is 3.88. The van der Waals surface area contributed by atoms with Crippen molar-refractivity contribution in [2.24, 2.45) is 0 Å². The number of hydrogen-bond donors (Lipinski definition) is 1. The van der Waals surface area contributed by atoms with Gasteiger partial charge in [-0.25, -0.2) is 0 Å². The lowest BCUT2D eigenvalue weighted by Crippen LogP contribution is -2.35. The Morgan fingerprint density at radius 2 is 1.67 bits per heavy atom. The molecule has 0 bridgehead atoms. The molecule has 2 aromatic rings. The van der Waals surface area contributed by atoms with E-state index in [2.05, 4.69) is 5.32 Å². The van der Waals surface area contributed by atoms with E-state index in [9.17, 15) is 9.59 Å². The lowest BCUT2D eigenvalue weighted by atomic mass is 9.99. The fraction of sp³-hybridized carbons (Fsp3) is 0.304. The van der Waals surface area contributed by atoms with Crippen molar-refractivity contribution in [2.75, 3.05) is 39.8 Å². The van der Waals surface area contributed by atoms with E-state index in [1.54, 1.807) is 25.3 Å². The van der Waals surface area contributed by atoms with Gasteiger partial charge in [0.25, 0.3) is 11.8 Å². The predicted octanol–water partition coefficient (Wildman–Crippen LogP) is 3.16. The van der Waals surface area contributed by atoms with Gasteiger partial charge in [0.15, 0.2) is 0 Å². The fourth-order valence-corrected chi connectivity index (χ4v) is 3.29. The van der Waals surface area contributed by atoms with Crippen LogP contribution in [0.4, 0.5) is 5.69 Å². The van der Waals surface area contributed by atoms with Crippen LogP contribution in [0.25, 0.3) is 5.57 Å². The van der Waals surface area contributed by atoms with Gasteiger partial charge in [-0.1, -0.05) is 18.2 Å². The molecule has 30 heavy (non-hydrogen) atoms. The summed E-state index contributed by atoms with van der Waals surface area (Å²) in [4.78, 5) is 27.6. The molecule has 3 rings (SSSR count). The molecular weight excluding hydrogens is 384 g/mol. The van der Waals surface area contributed by atoms with Crippen molar-refractivity contribution < 1.29 is 23.8 Å². The molecule has 1 heterocycles. The molecule has 1 aliphatic heterocycles. The molecule has 0 spiro atoms. The van der Waals surface area contributed by atoms with Gasteiger partial charge in [0.05, 0.1) is 38.6 Å². The zero-order valence-corrected chi connectivity index (χ0v) is 17.9. The number of benzene rings is 2. The molecule has 0 radical (unpaired) electrons. The Morgan fingerprint density at radius 1 is 0.900 bits per heavy atom. The van der Waals surface area contributed by atoms with Crippen molar-refractivity contribution >= 4 is 23.1 Å². The van der Waals surface area contributed by atoms with Crippen LogP contribution >= 0.6 is 0 Å². The Hall–Kier alpha value is -3.32. The van der Waals surface area contributed by atoms with Crippen molar-refractivity contribution in [1.29, 1.82) is 0 Å². The van der Waals surface area contributed by atoms with Crippen LogP contribution in [-0.2, 0) is 14.3 Å². The van der Waals surface area contributed by atoms with Gasteiger partial charge in [-0.2, -0.15) is 0 Å². The van der Waals surface area contributed by atoms with E-state index in [0.29, 0.717) is 28.3 Å². The first-order valence-corrected chi connectivity index (χ1v) is 9.57. The number of nitrogens with zero attached hydrogens (tertiary/aromatic N) is 1. The van der Waals surface area contributed by atoms with Crippen LogP contribution in [0.5, 0.6) is 11.5 Å². The molecular formula is C23H26N2O5. The molecule has 0 unspecified atom stereocenters. The zero-order chi connectivity index (χ0) is 21.8. The topological polar surface area (TPSA) is 77.1 Å². The number of aryl methyl sites for hydroxylation is 2. The Kier molecular flexibility index (Phi) is 6.42. The zero-order valence-electron chi connectivity index (χ0n) is 17.9. The van der Waals surface area contributed by atoms with E-state index in [-0.39, 0.29) is 24.8 Å². The van der Waals surface area contributed by atoms with Crippen LogP contribution in [0.1, 0.15) is 16.7 Å². The summed E-state index contributed by atoms with van der Waals surface area (Å²) in [7, 11) is 4.63. The largest absolute Gasteiger partial charge is 0.497 e. The van der Waals surface area contributed by atoms with Crippen molar-refractivity contribution in [3.8, 4) is 11.5 Å². The molecule has 0 saturated carbocycles. The number of carbonyl (C=O) groups excluding carboxylic acids is 2. The third-order valence-electron chi connectivity index (χ3n) is 5.15. The minimum absolute atomic E-state index is 0.170. The number of methoxy groups -OCH3 is 3. The molecule has 1 aliphatic rings. The number of imide groups is 1.